The molecule has 0 radical (unpaired) electrons. The monoisotopic (exact) mass is 592 g/mol. The summed E-state index contributed by atoms with van der Waals surface area (Å²) in [4.78, 5) is 26.5. The normalized spacial score (nSPS) is 35.0. The van der Waals surface area contributed by atoms with E-state index in [-0.39, 0.29) is 29.8 Å². The highest BCUT2D eigenvalue weighted by Gasteiger charge is 2.59. The van der Waals surface area contributed by atoms with Gasteiger partial charge in [0.2, 0.25) is 15.9 Å². The third-order valence-corrected chi connectivity index (χ3v) is 12.4. The molecule has 0 spiro atoms. The number of sulfonamides is 1. The topological polar surface area (TPSA) is 114 Å². The van der Waals surface area contributed by atoms with Gasteiger partial charge in [0.05, 0.1) is 11.2 Å². The molecule has 5 fully saturated rings. The van der Waals surface area contributed by atoms with Crippen molar-refractivity contribution in [2.75, 3.05) is 39.8 Å². The average molecular weight is 593 g/mol. The third kappa shape index (κ3) is 6.10. The molecule has 40 heavy (non-hydrogen) atoms. The highest BCUT2D eigenvalue weighted by atomic mass is 32.2. The quantitative estimate of drug-likeness (QED) is 0.451. The van der Waals surface area contributed by atoms with Crippen LogP contribution in [0, 0.1) is 17.8 Å². The number of urea groups is 1. The van der Waals surface area contributed by atoms with Crippen molar-refractivity contribution in [3.05, 3.63) is 0 Å². The minimum Gasteiger partial charge on any atom is -0.342 e. The SMILES string of the molecule is CNC(=O)NC1CCC(S(=O)(=O)N2CCC(C3CCN4NC(C(F)(F)F)C(C(=O)N5CCCC5)C4C3)CC2)CC1. The van der Waals surface area contributed by atoms with Gasteiger partial charge in [0, 0.05) is 51.9 Å². The number of alkyl halides is 3. The van der Waals surface area contributed by atoms with E-state index in [1.54, 1.807) is 21.3 Å². The van der Waals surface area contributed by atoms with Gasteiger partial charge in [-0.05, 0) is 76.0 Å². The van der Waals surface area contributed by atoms with Gasteiger partial charge in [0.1, 0.15) is 6.04 Å². The Morgan fingerprint density at radius 1 is 0.875 bits per heavy atom. The van der Waals surface area contributed by atoms with Crippen molar-refractivity contribution in [1.29, 1.82) is 0 Å². The number of fused-ring (bicyclic) bond motifs is 1. The number of carbonyl (C=O) groups is 2. The number of hydrogen-bond acceptors (Lipinski definition) is 6. The predicted molar refractivity (Wildman–Crippen MR) is 142 cm³/mol. The van der Waals surface area contributed by atoms with Crippen LogP contribution in [-0.4, -0.2) is 104 Å². The first-order valence-electron chi connectivity index (χ1n) is 14.8. The van der Waals surface area contributed by atoms with Crippen LogP contribution < -0.4 is 16.1 Å². The fourth-order valence-electron chi connectivity index (χ4n) is 7.74. The summed E-state index contributed by atoms with van der Waals surface area (Å²) in [5.74, 6) is -1.13. The van der Waals surface area contributed by atoms with Crippen molar-refractivity contribution in [1.82, 2.24) is 30.3 Å². The third-order valence-electron chi connectivity index (χ3n) is 10.0. The number of hydrogen-bond donors (Lipinski definition) is 3. The summed E-state index contributed by atoms with van der Waals surface area (Å²) in [5.41, 5.74) is 2.64. The van der Waals surface area contributed by atoms with Crippen molar-refractivity contribution in [3.63, 3.8) is 0 Å². The van der Waals surface area contributed by atoms with Gasteiger partial charge in [0.15, 0.2) is 0 Å². The van der Waals surface area contributed by atoms with Gasteiger partial charge in [-0.1, -0.05) is 0 Å². The molecule has 5 aliphatic rings. The molecule has 1 aliphatic carbocycles. The van der Waals surface area contributed by atoms with Gasteiger partial charge in [-0.25, -0.2) is 28.0 Å². The highest BCUT2D eigenvalue weighted by Crippen LogP contribution is 2.44. The second-order valence-corrected chi connectivity index (χ2v) is 14.4. The number of hydrazine groups is 1. The lowest BCUT2D eigenvalue weighted by atomic mass is 9.74. The van der Waals surface area contributed by atoms with Crippen molar-refractivity contribution in [2.45, 2.75) is 93.8 Å². The number of amides is 3. The van der Waals surface area contributed by atoms with Gasteiger partial charge in [0.25, 0.3) is 0 Å². The number of nitrogens with one attached hydrogen (secondary N) is 3. The number of piperidine rings is 2. The molecule has 0 aromatic heterocycles. The van der Waals surface area contributed by atoms with Crippen LogP contribution in [-0.2, 0) is 14.8 Å². The van der Waals surface area contributed by atoms with Gasteiger partial charge in [-0.3, -0.25) is 4.79 Å². The van der Waals surface area contributed by atoms with Crippen LogP contribution in [0.3, 0.4) is 0 Å². The van der Waals surface area contributed by atoms with E-state index >= 15 is 0 Å². The zero-order valence-electron chi connectivity index (χ0n) is 23.2. The van der Waals surface area contributed by atoms with E-state index in [1.165, 1.54) is 0 Å². The van der Waals surface area contributed by atoms with Crippen molar-refractivity contribution >= 4 is 22.0 Å². The Morgan fingerprint density at radius 2 is 1.50 bits per heavy atom. The summed E-state index contributed by atoms with van der Waals surface area (Å²) in [6.07, 6.45) is 2.04. The number of carbonyl (C=O) groups excluding carboxylic acids is 2. The number of nitrogens with zero attached hydrogens (tertiary/aromatic N) is 3. The smallest absolute Gasteiger partial charge is 0.342 e. The van der Waals surface area contributed by atoms with Crippen LogP contribution in [0.5, 0.6) is 0 Å². The summed E-state index contributed by atoms with van der Waals surface area (Å²) < 4.78 is 70.4. The molecule has 4 aliphatic heterocycles. The number of halogens is 3. The maximum Gasteiger partial charge on any atom is 0.406 e. The largest absolute Gasteiger partial charge is 0.406 e. The highest BCUT2D eigenvalue weighted by molar-refractivity contribution is 7.89. The van der Waals surface area contributed by atoms with E-state index in [1.807, 2.05) is 0 Å². The molecule has 3 amide bonds. The van der Waals surface area contributed by atoms with Crippen LogP contribution in [0.1, 0.15) is 64.2 Å². The lowest BCUT2D eigenvalue weighted by molar-refractivity contribution is -0.172. The Hall–Kier alpha value is -1.64. The summed E-state index contributed by atoms with van der Waals surface area (Å²) in [6, 6.07) is -2.64. The van der Waals surface area contributed by atoms with Crippen LogP contribution >= 0.6 is 0 Å². The standard InChI is InChI=1S/C26H43F3N6O4S/c1-30-25(37)31-19-4-6-20(7-5-19)40(38,39)34-13-8-17(9-14-34)18-10-15-35-21(16-18)22(23(32-35)26(27,28)29)24(36)33-11-2-3-12-33/h17-23,32H,2-16H2,1H3,(H2,30,31,37). The zero-order valence-corrected chi connectivity index (χ0v) is 24.0. The molecular formula is C26H43F3N6O4S. The number of likely N-dealkylation sites (tertiary alicyclic amines) is 1. The van der Waals surface area contributed by atoms with Gasteiger partial charge < -0.3 is 15.5 Å². The lowest BCUT2D eigenvalue weighted by Crippen LogP contribution is -2.50. The van der Waals surface area contributed by atoms with Crippen LogP contribution in [0.25, 0.3) is 0 Å². The molecule has 0 aromatic rings. The Kier molecular flexibility index (Phi) is 8.89. The zero-order chi connectivity index (χ0) is 28.7. The lowest BCUT2D eigenvalue weighted by Gasteiger charge is -2.43. The molecule has 5 rings (SSSR count). The summed E-state index contributed by atoms with van der Waals surface area (Å²) in [7, 11) is -1.90. The van der Waals surface area contributed by atoms with Gasteiger partial charge in [-0.15, -0.1) is 0 Å². The first kappa shape index (κ1) is 29.8. The Balaban J connectivity index is 1.17. The summed E-state index contributed by atoms with van der Waals surface area (Å²) in [5, 5.41) is 6.60. The molecule has 4 unspecified atom stereocenters. The van der Waals surface area contributed by atoms with Crippen molar-refractivity contribution in [3.8, 4) is 0 Å². The molecule has 0 bridgehead atoms. The average Bonchev–Trinajstić information content (AvgIpc) is 3.61. The summed E-state index contributed by atoms with van der Waals surface area (Å²) in [6.45, 7) is 2.35. The van der Waals surface area contributed by atoms with E-state index in [0.29, 0.717) is 77.7 Å². The molecule has 4 heterocycles. The minimum atomic E-state index is -4.51. The minimum absolute atomic E-state index is 0.0220. The fourth-order valence-corrected chi connectivity index (χ4v) is 9.75. The second-order valence-electron chi connectivity index (χ2n) is 12.2. The first-order chi connectivity index (χ1) is 19.0. The fraction of sp³-hybridized carbons (Fsp3) is 0.923. The van der Waals surface area contributed by atoms with E-state index in [2.05, 4.69) is 16.1 Å². The molecular weight excluding hydrogens is 549 g/mol. The van der Waals surface area contributed by atoms with Crippen molar-refractivity contribution < 1.29 is 31.2 Å². The molecule has 4 atom stereocenters. The maximum atomic E-state index is 14.0. The van der Waals surface area contributed by atoms with Gasteiger partial charge >= 0.3 is 12.2 Å². The van der Waals surface area contributed by atoms with E-state index < -0.39 is 39.5 Å². The molecule has 228 valence electrons. The maximum absolute atomic E-state index is 14.0. The number of rotatable bonds is 5. The van der Waals surface area contributed by atoms with Crippen LogP contribution in [0.15, 0.2) is 0 Å². The molecule has 0 aromatic carbocycles. The molecule has 1 saturated carbocycles. The molecule has 14 heteroatoms. The predicted octanol–water partition coefficient (Wildman–Crippen LogP) is 2.04. The van der Waals surface area contributed by atoms with Crippen LogP contribution in [0.2, 0.25) is 0 Å². The molecule has 4 saturated heterocycles. The van der Waals surface area contributed by atoms with E-state index in [9.17, 15) is 31.2 Å². The first-order valence-corrected chi connectivity index (χ1v) is 16.3. The Morgan fingerprint density at radius 3 is 2.10 bits per heavy atom. The van der Waals surface area contributed by atoms with Crippen molar-refractivity contribution in [2.24, 2.45) is 17.8 Å². The molecule has 3 N–H and O–H groups in total. The molecule has 10 nitrogen and oxygen atoms in total. The van der Waals surface area contributed by atoms with Crippen LogP contribution in [0.4, 0.5) is 18.0 Å². The van der Waals surface area contributed by atoms with E-state index in [0.717, 1.165) is 19.3 Å². The second kappa shape index (κ2) is 11.9. The Labute approximate surface area is 234 Å². The van der Waals surface area contributed by atoms with Gasteiger partial charge in [-0.2, -0.15) is 13.2 Å². The summed E-state index contributed by atoms with van der Waals surface area (Å²) >= 11 is 0. The van der Waals surface area contributed by atoms with E-state index in [4.69, 9.17) is 0 Å². The Bertz CT molecular complexity index is 1020.